The molecule has 0 amide bonds. The predicted molar refractivity (Wildman–Crippen MR) is 67.8 cm³/mol. The molecular weight excluding hydrogens is 271 g/mol. The van der Waals surface area contributed by atoms with Gasteiger partial charge in [-0.15, -0.1) is 0 Å². The van der Waals surface area contributed by atoms with E-state index >= 15 is 0 Å². The van der Waals surface area contributed by atoms with Crippen molar-refractivity contribution in [3.63, 3.8) is 0 Å². The molecule has 1 unspecified atom stereocenters. The first-order chi connectivity index (χ1) is 7.34. The third-order valence-corrected chi connectivity index (χ3v) is 3.66. The van der Waals surface area contributed by atoms with Crippen LogP contribution in [-0.2, 0) is 6.42 Å². The van der Waals surface area contributed by atoms with Crippen LogP contribution in [0.2, 0.25) is 0 Å². The van der Waals surface area contributed by atoms with Crippen molar-refractivity contribution < 1.29 is 9.50 Å². The molecule has 1 nitrogen and oxygen atoms in total. The maximum Gasteiger partial charge on any atom is 0.124 e. The van der Waals surface area contributed by atoms with Gasteiger partial charge >= 0.3 is 0 Å². The summed E-state index contributed by atoms with van der Waals surface area (Å²) in [6, 6.07) is 4.69. The van der Waals surface area contributed by atoms with E-state index < -0.39 is 0 Å². The highest BCUT2D eigenvalue weighted by Gasteiger charge is 2.24. The Morgan fingerprint density at radius 1 is 1.38 bits per heavy atom. The molecule has 0 spiro atoms. The molecular formula is C13H18BrFO. The lowest BCUT2D eigenvalue weighted by Gasteiger charge is -2.29. The van der Waals surface area contributed by atoms with Gasteiger partial charge in [-0.3, -0.25) is 0 Å². The van der Waals surface area contributed by atoms with Gasteiger partial charge in [0.1, 0.15) is 5.82 Å². The Morgan fingerprint density at radius 2 is 2.00 bits per heavy atom. The first-order valence-corrected chi connectivity index (χ1v) is 6.18. The molecule has 0 heterocycles. The molecule has 0 aliphatic rings. The molecule has 1 atom stereocenters. The van der Waals surface area contributed by atoms with Crippen LogP contribution in [0.1, 0.15) is 26.3 Å². The summed E-state index contributed by atoms with van der Waals surface area (Å²) in [6.07, 6.45) is 0.751. The van der Waals surface area contributed by atoms with Crippen LogP contribution in [0.3, 0.4) is 0 Å². The summed E-state index contributed by atoms with van der Waals surface area (Å²) >= 11 is 3.35. The molecule has 0 radical (unpaired) electrons. The minimum absolute atomic E-state index is 0.0442. The summed E-state index contributed by atoms with van der Waals surface area (Å²) in [4.78, 5) is 0. The van der Waals surface area contributed by atoms with Crippen molar-refractivity contribution in [3.05, 3.63) is 34.1 Å². The van der Waals surface area contributed by atoms with E-state index in [1.165, 1.54) is 12.1 Å². The lowest BCUT2D eigenvalue weighted by Crippen LogP contribution is -2.26. The van der Waals surface area contributed by atoms with E-state index in [1.807, 2.05) is 0 Å². The third kappa shape index (κ3) is 3.56. The summed E-state index contributed by atoms with van der Waals surface area (Å²) in [7, 11) is 0. The zero-order valence-corrected chi connectivity index (χ0v) is 11.5. The van der Waals surface area contributed by atoms with Crippen molar-refractivity contribution in [1.29, 1.82) is 0 Å². The fourth-order valence-corrected chi connectivity index (χ4v) is 2.11. The highest BCUT2D eigenvalue weighted by molar-refractivity contribution is 9.10. The molecule has 3 heteroatoms. The maximum absolute atomic E-state index is 12.9. The smallest absolute Gasteiger partial charge is 0.124 e. The molecule has 1 rings (SSSR count). The number of halogens is 2. The first kappa shape index (κ1) is 13.7. The second-order valence-corrected chi connectivity index (χ2v) is 6.04. The topological polar surface area (TPSA) is 20.2 Å². The van der Waals surface area contributed by atoms with Crippen LogP contribution in [0.25, 0.3) is 0 Å². The van der Waals surface area contributed by atoms with Crippen LogP contribution in [0, 0.1) is 17.2 Å². The second-order valence-electron chi connectivity index (χ2n) is 5.19. The summed E-state index contributed by atoms with van der Waals surface area (Å²) in [6.45, 7) is 6.45. The van der Waals surface area contributed by atoms with Crippen LogP contribution in [0.15, 0.2) is 22.7 Å². The molecule has 90 valence electrons. The molecule has 0 aromatic heterocycles. The molecule has 1 N–H and O–H groups in total. The molecule has 1 aromatic rings. The molecule has 0 aliphatic carbocycles. The number of hydrogen-bond donors (Lipinski definition) is 1. The van der Waals surface area contributed by atoms with E-state index in [9.17, 15) is 9.50 Å². The van der Waals surface area contributed by atoms with Gasteiger partial charge in [0.25, 0.3) is 0 Å². The average Bonchev–Trinajstić information content (AvgIpc) is 2.14. The Kier molecular flexibility index (Phi) is 4.51. The molecule has 16 heavy (non-hydrogen) atoms. The van der Waals surface area contributed by atoms with Crippen molar-refractivity contribution in [1.82, 2.24) is 0 Å². The summed E-state index contributed by atoms with van der Waals surface area (Å²) in [5.74, 6) is -0.0683. The zero-order valence-electron chi connectivity index (χ0n) is 9.93. The van der Waals surface area contributed by atoms with Gasteiger partial charge in [0, 0.05) is 11.1 Å². The maximum atomic E-state index is 12.9. The van der Waals surface area contributed by atoms with E-state index in [1.54, 1.807) is 6.07 Å². The van der Waals surface area contributed by atoms with Crippen molar-refractivity contribution >= 4 is 15.9 Å². The minimum atomic E-state index is -0.244. The van der Waals surface area contributed by atoms with E-state index in [-0.39, 0.29) is 23.8 Å². The number of aliphatic hydroxyl groups is 1. The number of benzene rings is 1. The van der Waals surface area contributed by atoms with E-state index in [0.717, 1.165) is 16.5 Å². The normalized spacial score (nSPS) is 13.9. The summed E-state index contributed by atoms with van der Waals surface area (Å²) in [5.41, 5.74) is 1.08. The van der Waals surface area contributed by atoms with Gasteiger partial charge in [0.2, 0.25) is 0 Å². The monoisotopic (exact) mass is 288 g/mol. The largest absolute Gasteiger partial charge is 0.396 e. The van der Waals surface area contributed by atoms with Crippen LogP contribution >= 0.6 is 15.9 Å². The van der Waals surface area contributed by atoms with Gasteiger partial charge in [0.05, 0.1) is 0 Å². The number of hydrogen-bond acceptors (Lipinski definition) is 1. The molecule has 0 bridgehead atoms. The SMILES string of the molecule is CC(C)(C)C(CO)Cc1ccc(F)cc1Br. The van der Waals surface area contributed by atoms with Crippen LogP contribution in [0.4, 0.5) is 4.39 Å². The first-order valence-electron chi connectivity index (χ1n) is 5.39. The van der Waals surface area contributed by atoms with E-state index in [0.29, 0.717) is 0 Å². The van der Waals surface area contributed by atoms with Gasteiger partial charge in [-0.05, 0) is 35.4 Å². The molecule has 1 aromatic carbocycles. The van der Waals surface area contributed by atoms with Crippen molar-refractivity contribution in [3.8, 4) is 0 Å². The van der Waals surface area contributed by atoms with Crippen LogP contribution in [0.5, 0.6) is 0 Å². The third-order valence-electron chi connectivity index (χ3n) is 2.93. The fraction of sp³-hybridized carbons (Fsp3) is 0.538. The highest BCUT2D eigenvalue weighted by Crippen LogP contribution is 2.31. The Balaban J connectivity index is 2.86. The van der Waals surface area contributed by atoms with E-state index in [4.69, 9.17) is 0 Å². The average molecular weight is 289 g/mol. The molecule has 0 saturated heterocycles. The zero-order chi connectivity index (χ0) is 12.3. The lowest BCUT2D eigenvalue weighted by molar-refractivity contribution is 0.131. The molecule has 0 saturated carbocycles. The second kappa shape index (κ2) is 5.28. The lowest BCUT2D eigenvalue weighted by atomic mass is 9.78. The Hall–Kier alpha value is -0.410. The van der Waals surface area contributed by atoms with E-state index in [2.05, 4.69) is 36.7 Å². The molecule has 0 aliphatic heterocycles. The van der Waals surface area contributed by atoms with Crippen molar-refractivity contribution in [2.24, 2.45) is 11.3 Å². The quantitative estimate of drug-likeness (QED) is 0.897. The van der Waals surface area contributed by atoms with Gasteiger partial charge in [-0.25, -0.2) is 4.39 Å². The van der Waals surface area contributed by atoms with Crippen molar-refractivity contribution in [2.75, 3.05) is 6.61 Å². The number of rotatable bonds is 3. The summed E-state index contributed by atoms with van der Waals surface area (Å²) < 4.78 is 13.7. The van der Waals surface area contributed by atoms with Crippen molar-refractivity contribution in [2.45, 2.75) is 27.2 Å². The van der Waals surface area contributed by atoms with Gasteiger partial charge in [-0.2, -0.15) is 0 Å². The fourth-order valence-electron chi connectivity index (χ4n) is 1.60. The van der Waals surface area contributed by atoms with Gasteiger partial charge in [-0.1, -0.05) is 42.8 Å². The van der Waals surface area contributed by atoms with Crippen LogP contribution in [-0.4, -0.2) is 11.7 Å². The summed E-state index contributed by atoms with van der Waals surface area (Å²) in [5, 5.41) is 9.38. The Bertz CT molecular complexity index is 357. The standard InChI is InChI=1S/C13H18BrFO/c1-13(2,3)10(8-16)6-9-4-5-11(15)7-12(9)14/h4-5,7,10,16H,6,8H2,1-3H3. The van der Waals surface area contributed by atoms with Gasteiger partial charge < -0.3 is 5.11 Å². The van der Waals surface area contributed by atoms with Gasteiger partial charge in [0.15, 0.2) is 0 Å². The molecule has 0 fully saturated rings. The predicted octanol–water partition coefficient (Wildman–Crippen LogP) is 3.79. The Labute approximate surface area is 105 Å². The minimum Gasteiger partial charge on any atom is -0.396 e. The Morgan fingerprint density at radius 3 is 2.44 bits per heavy atom. The van der Waals surface area contributed by atoms with Crippen LogP contribution < -0.4 is 0 Å². The number of aliphatic hydroxyl groups excluding tert-OH is 1. The highest BCUT2D eigenvalue weighted by atomic mass is 79.9.